The minimum absolute atomic E-state index is 0.0712. The van der Waals surface area contributed by atoms with Crippen LogP contribution in [0.1, 0.15) is 0 Å². The summed E-state index contributed by atoms with van der Waals surface area (Å²) in [5.74, 6) is -0.254. The Kier molecular flexibility index (Phi) is 3.80. The second kappa shape index (κ2) is 5.91. The Hall–Kier alpha value is -3.16. The first-order valence-electron chi connectivity index (χ1n) is 6.50. The Labute approximate surface area is 131 Å². The Morgan fingerprint density at radius 1 is 0.957 bits per heavy atom. The minimum atomic E-state index is -3.86. The summed E-state index contributed by atoms with van der Waals surface area (Å²) in [6.07, 6.45) is 0. The van der Waals surface area contributed by atoms with Gasteiger partial charge in [0.05, 0.1) is 15.9 Å². The molecule has 1 aromatic heterocycles. The third-order valence-electron chi connectivity index (χ3n) is 2.98. The number of aromatic nitrogens is 2. The summed E-state index contributed by atoms with van der Waals surface area (Å²) in [6.45, 7) is 0. The van der Waals surface area contributed by atoms with Gasteiger partial charge in [-0.2, -0.15) is 0 Å². The molecular weight excluding hydrogens is 316 g/mol. The fourth-order valence-electron chi connectivity index (χ4n) is 1.96. The van der Waals surface area contributed by atoms with Gasteiger partial charge in [-0.05, 0) is 34.9 Å². The highest BCUT2D eigenvalue weighted by atomic mass is 32.2. The molecule has 0 spiro atoms. The highest BCUT2D eigenvalue weighted by Gasteiger charge is 2.17. The van der Waals surface area contributed by atoms with Crippen LogP contribution in [0.4, 0.5) is 11.6 Å². The normalized spacial score (nSPS) is 11.0. The number of nitrogens with one attached hydrogen (secondary N) is 1. The molecular formula is C14H10N6O2S. The molecule has 3 aromatic rings. The number of sulfonamides is 1. The van der Waals surface area contributed by atoms with Crippen LogP contribution in [0, 0.1) is 0 Å². The Morgan fingerprint density at radius 2 is 1.57 bits per heavy atom. The van der Waals surface area contributed by atoms with Gasteiger partial charge in [0, 0.05) is 4.91 Å². The molecule has 23 heavy (non-hydrogen) atoms. The quantitative estimate of drug-likeness (QED) is 0.448. The summed E-state index contributed by atoms with van der Waals surface area (Å²) >= 11 is 0. The van der Waals surface area contributed by atoms with E-state index in [2.05, 4.69) is 24.7 Å². The van der Waals surface area contributed by atoms with E-state index in [-0.39, 0.29) is 16.5 Å². The number of para-hydroxylation sites is 2. The summed E-state index contributed by atoms with van der Waals surface area (Å²) in [5, 5.41) is 3.41. The van der Waals surface area contributed by atoms with Gasteiger partial charge in [0.25, 0.3) is 10.0 Å². The predicted octanol–water partition coefficient (Wildman–Crippen LogP) is 3.37. The first-order chi connectivity index (χ1) is 11.1. The minimum Gasteiger partial charge on any atom is -0.262 e. The number of rotatable bonds is 4. The monoisotopic (exact) mass is 326 g/mol. The highest BCUT2D eigenvalue weighted by molar-refractivity contribution is 7.92. The zero-order valence-corrected chi connectivity index (χ0v) is 12.5. The van der Waals surface area contributed by atoms with Crippen molar-refractivity contribution in [3.8, 4) is 0 Å². The fraction of sp³-hybridized carbons (Fsp3) is 0. The van der Waals surface area contributed by atoms with E-state index < -0.39 is 10.0 Å². The first-order valence-corrected chi connectivity index (χ1v) is 7.98. The van der Waals surface area contributed by atoms with Crippen LogP contribution in [0.15, 0.2) is 64.6 Å². The Morgan fingerprint density at radius 3 is 2.22 bits per heavy atom. The van der Waals surface area contributed by atoms with Gasteiger partial charge in [0.15, 0.2) is 11.6 Å². The van der Waals surface area contributed by atoms with Crippen molar-refractivity contribution in [3.63, 3.8) is 0 Å². The van der Waals surface area contributed by atoms with Gasteiger partial charge in [0.2, 0.25) is 0 Å². The zero-order chi connectivity index (χ0) is 16.3. The third-order valence-corrected chi connectivity index (χ3v) is 4.33. The fourth-order valence-corrected chi connectivity index (χ4v) is 2.98. The lowest BCUT2D eigenvalue weighted by Crippen LogP contribution is -2.14. The first kappa shape index (κ1) is 14.8. The predicted molar refractivity (Wildman–Crippen MR) is 85.6 cm³/mol. The lowest BCUT2D eigenvalue weighted by molar-refractivity contribution is 0.601. The van der Waals surface area contributed by atoms with Crippen molar-refractivity contribution in [1.29, 1.82) is 0 Å². The van der Waals surface area contributed by atoms with Crippen molar-refractivity contribution in [2.75, 3.05) is 4.72 Å². The molecule has 2 aromatic carbocycles. The van der Waals surface area contributed by atoms with Crippen LogP contribution in [0.25, 0.3) is 21.5 Å². The maximum Gasteiger partial charge on any atom is 0.263 e. The number of hydrogen-bond acceptors (Lipinski definition) is 5. The number of hydrogen-bond donors (Lipinski definition) is 1. The molecule has 114 valence electrons. The van der Waals surface area contributed by atoms with Crippen LogP contribution in [-0.2, 0) is 10.0 Å². The van der Waals surface area contributed by atoms with E-state index in [0.717, 1.165) is 0 Å². The number of anilines is 1. The third kappa shape index (κ3) is 3.05. The zero-order valence-electron chi connectivity index (χ0n) is 11.7. The van der Waals surface area contributed by atoms with Gasteiger partial charge >= 0.3 is 0 Å². The molecule has 0 atom stereocenters. The van der Waals surface area contributed by atoms with Crippen molar-refractivity contribution < 1.29 is 8.42 Å². The van der Waals surface area contributed by atoms with Gasteiger partial charge in [0.1, 0.15) is 0 Å². The van der Waals surface area contributed by atoms with Crippen molar-refractivity contribution in [2.45, 2.75) is 4.90 Å². The molecule has 0 amide bonds. The molecule has 0 radical (unpaired) electrons. The van der Waals surface area contributed by atoms with Crippen molar-refractivity contribution >= 4 is 32.7 Å². The molecule has 3 rings (SSSR count). The van der Waals surface area contributed by atoms with E-state index in [0.29, 0.717) is 11.0 Å². The molecule has 8 nitrogen and oxygen atoms in total. The average Bonchev–Trinajstić information content (AvgIpc) is 2.56. The van der Waals surface area contributed by atoms with Crippen molar-refractivity contribution in [2.24, 2.45) is 5.11 Å². The smallest absolute Gasteiger partial charge is 0.262 e. The standard InChI is InChI=1S/C14H10N6O2S/c15-20-18-13-14(17-12-9-5-4-8-11(12)16-13)19-23(21,22)10-6-2-1-3-7-10/h1-9H,(H,17,19). The van der Waals surface area contributed by atoms with Crippen LogP contribution in [0.5, 0.6) is 0 Å². The molecule has 1 N–H and O–H groups in total. The maximum absolute atomic E-state index is 12.4. The molecule has 1 heterocycles. The number of fused-ring (bicyclic) bond motifs is 1. The average molecular weight is 326 g/mol. The van der Waals surface area contributed by atoms with Gasteiger partial charge in [-0.25, -0.2) is 18.4 Å². The van der Waals surface area contributed by atoms with Crippen molar-refractivity contribution in [3.05, 3.63) is 65.0 Å². The Bertz CT molecular complexity index is 1010. The molecule has 0 saturated carbocycles. The highest BCUT2D eigenvalue weighted by Crippen LogP contribution is 2.26. The van der Waals surface area contributed by atoms with Gasteiger partial charge in [-0.1, -0.05) is 30.3 Å². The van der Waals surface area contributed by atoms with Crippen molar-refractivity contribution in [1.82, 2.24) is 9.97 Å². The van der Waals surface area contributed by atoms with E-state index in [1.54, 1.807) is 42.5 Å². The summed E-state index contributed by atoms with van der Waals surface area (Å²) < 4.78 is 27.1. The molecule has 0 aliphatic heterocycles. The summed E-state index contributed by atoms with van der Waals surface area (Å²) in [4.78, 5) is 11.1. The van der Waals surface area contributed by atoms with Gasteiger partial charge in [-0.3, -0.25) is 4.72 Å². The molecule has 0 aliphatic carbocycles. The molecule has 0 bridgehead atoms. The second-order valence-corrected chi connectivity index (χ2v) is 6.17. The van der Waals surface area contributed by atoms with Crippen LogP contribution < -0.4 is 4.72 Å². The lowest BCUT2D eigenvalue weighted by atomic mass is 10.3. The van der Waals surface area contributed by atoms with E-state index in [1.807, 2.05) is 0 Å². The van der Waals surface area contributed by atoms with E-state index in [9.17, 15) is 8.42 Å². The van der Waals surface area contributed by atoms with E-state index >= 15 is 0 Å². The van der Waals surface area contributed by atoms with Gasteiger partial charge in [-0.15, -0.1) is 0 Å². The summed E-state index contributed by atoms with van der Waals surface area (Å²) in [5.41, 5.74) is 9.62. The lowest BCUT2D eigenvalue weighted by Gasteiger charge is -2.09. The molecule has 0 unspecified atom stereocenters. The topological polar surface area (TPSA) is 121 Å². The largest absolute Gasteiger partial charge is 0.263 e. The van der Waals surface area contributed by atoms with Crippen LogP contribution in [-0.4, -0.2) is 18.4 Å². The number of benzene rings is 2. The molecule has 0 saturated heterocycles. The van der Waals surface area contributed by atoms with Crippen LogP contribution in [0.2, 0.25) is 0 Å². The second-order valence-electron chi connectivity index (χ2n) is 4.49. The number of nitrogens with zero attached hydrogens (tertiary/aromatic N) is 5. The molecule has 9 heteroatoms. The SMILES string of the molecule is [N-]=[N+]=Nc1nc2ccccc2nc1NS(=O)(=O)c1ccccc1. The van der Waals surface area contributed by atoms with Crippen LogP contribution in [0.3, 0.4) is 0 Å². The molecule has 0 fully saturated rings. The number of azide groups is 1. The van der Waals surface area contributed by atoms with E-state index in [1.165, 1.54) is 12.1 Å². The Balaban J connectivity index is 2.12. The van der Waals surface area contributed by atoms with Crippen LogP contribution >= 0.6 is 0 Å². The summed E-state index contributed by atoms with van der Waals surface area (Å²) in [7, 11) is -3.86. The maximum atomic E-state index is 12.4. The van der Waals surface area contributed by atoms with E-state index in [4.69, 9.17) is 5.53 Å². The van der Waals surface area contributed by atoms with Gasteiger partial charge < -0.3 is 0 Å². The molecule has 0 aliphatic rings. The summed E-state index contributed by atoms with van der Waals surface area (Å²) in [6, 6.07) is 14.7.